The molecule has 2 nitrogen and oxygen atoms in total. The molecule has 0 amide bonds. The van der Waals surface area contributed by atoms with Crippen molar-refractivity contribution in [2.75, 3.05) is 0 Å². The molecule has 1 rings (SSSR count). The van der Waals surface area contributed by atoms with Crippen LogP contribution in [0.2, 0.25) is 0 Å². The van der Waals surface area contributed by atoms with Crippen LogP contribution in [0.4, 0.5) is 0 Å². The normalized spacial score (nSPS) is 31.0. The average molecular weight is 236 g/mol. The average Bonchev–Trinajstić information content (AvgIpc) is 2.04. The molecule has 0 bridgehead atoms. The van der Waals surface area contributed by atoms with Gasteiger partial charge in [-0.2, -0.15) is 0 Å². The van der Waals surface area contributed by atoms with Crippen molar-refractivity contribution in [1.82, 2.24) is 0 Å². The molecule has 0 saturated heterocycles. The minimum Gasteiger partial charge on any atom is -0.323 e. The first kappa shape index (κ1) is 14.5. The lowest BCUT2D eigenvalue weighted by molar-refractivity contribution is 0.344. The van der Waals surface area contributed by atoms with E-state index in [1.165, 1.54) is 11.1 Å². The van der Waals surface area contributed by atoms with E-state index in [-0.39, 0.29) is 16.9 Å². The fourth-order valence-electron chi connectivity index (χ4n) is 2.78. The van der Waals surface area contributed by atoms with Gasteiger partial charge >= 0.3 is 0 Å². The molecule has 0 heterocycles. The molecule has 0 aromatic rings. The Balaban J connectivity index is 3.52. The summed E-state index contributed by atoms with van der Waals surface area (Å²) in [7, 11) is 0. The largest absolute Gasteiger partial charge is 0.323 e. The maximum absolute atomic E-state index is 6.50. The molecule has 2 unspecified atom stereocenters. The van der Waals surface area contributed by atoms with Crippen molar-refractivity contribution in [2.24, 2.45) is 22.3 Å². The van der Waals surface area contributed by atoms with Crippen LogP contribution in [-0.4, -0.2) is 11.6 Å². The van der Waals surface area contributed by atoms with E-state index in [0.717, 1.165) is 0 Å². The van der Waals surface area contributed by atoms with Crippen molar-refractivity contribution < 1.29 is 0 Å². The Morgan fingerprint density at radius 3 is 1.88 bits per heavy atom. The molecule has 0 radical (unpaired) electrons. The third kappa shape index (κ3) is 2.63. The summed E-state index contributed by atoms with van der Waals surface area (Å²) in [5.74, 6) is 0. The zero-order chi connectivity index (χ0) is 13.6. The molecule has 1 aliphatic rings. The minimum absolute atomic E-state index is 0.0362. The lowest BCUT2D eigenvalue weighted by atomic mass is 9.63. The number of hydrogen-bond donors (Lipinski definition) is 2. The Hall–Kier alpha value is -0.600. The Morgan fingerprint density at radius 2 is 1.53 bits per heavy atom. The number of rotatable bonds is 0. The molecule has 0 aromatic heterocycles. The van der Waals surface area contributed by atoms with Crippen molar-refractivity contribution in [3.8, 4) is 0 Å². The molecule has 0 spiro atoms. The van der Waals surface area contributed by atoms with Gasteiger partial charge in [-0.25, -0.2) is 0 Å². The van der Waals surface area contributed by atoms with E-state index >= 15 is 0 Å². The molecule has 0 fully saturated rings. The van der Waals surface area contributed by atoms with Gasteiger partial charge in [0.2, 0.25) is 0 Å². The minimum atomic E-state index is -0.463. The van der Waals surface area contributed by atoms with Crippen LogP contribution >= 0.6 is 0 Å². The Labute approximate surface area is 106 Å². The molecule has 1 aliphatic carbocycles. The molecule has 17 heavy (non-hydrogen) atoms. The number of allylic oxidation sites excluding steroid dienone is 2. The quantitative estimate of drug-likeness (QED) is 0.679. The predicted octanol–water partition coefficient (Wildman–Crippen LogP) is 2.99. The van der Waals surface area contributed by atoms with E-state index < -0.39 is 5.54 Å². The monoisotopic (exact) mass is 236 g/mol. The number of nitrogens with two attached hydrogens (primary N) is 2. The molecule has 2 heteroatoms. The van der Waals surface area contributed by atoms with Crippen LogP contribution in [0.3, 0.4) is 0 Å². The highest BCUT2D eigenvalue weighted by Gasteiger charge is 2.42. The molecular formula is C15H28N2. The van der Waals surface area contributed by atoms with Crippen molar-refractivity contribution in [1.29, 1.82) is 0 Å². The van der Waals surface area contributed by atoms with Crippen molar-refractivity contribution >= 4 is 0 Å². The smallest absolute Gasteiger partial charge is 0.0541 e. The van der Waals surface area contributed by atoms with Gasteiger partial charge in [0.1, 0.15) is 0 Å². The maximum Gasteiger partial charge on any atom is 0.0541 e. The zero-order valence-electron chi connectivity index (χ0n) is 12.4. The second-order valence-electron chi connectivity index (χ2n) is 7.46. The highest BCUT2D eigenvalue weighted by atomic mass is 14.9. The summed E-state index contributed by atoms with van der Waals surface area (Å²) in [4.78, 5) is 0. The van der Waals surface area contributed by atoms with Crippen LogP contribution in [0.1, 0.15) is 48.5 Å². The molecule has 4 N–H and O–H groups in total. The van der Waals surface area contributed by atoms with Gasteiger partial charge in [-0.1, -0.05) is 53.7 Å². The van der Waals surface area contributed by atoms with Gasteiger partial charge in [0.05, 0.1) is 5.54 Å². The molecule has 0 saturated carbocycles. The van der Waals surface area contributed by atoms with Crippen LogP contribution in [0.25, 0.3) is 0 Å². The molecule has 98 valence electrons. The Bertz CT molecular complexity index is 359. The van der Waals surface area contributed by atoms with E-state index in [4.69, 9.17) is 11.5 Å². The Kier molecular flexibility index (Phi) is 3.37. The first-order valence-electron chi connectivity index (χ1n) is 6.37. The molecule has 2 atom stereocenters. The van der Waals surface area contributed by atoms with Crippen LogP contribution in [-0.2, 0) is 0 Å². The van der Waals surface area contributed by atoms with Gasteiger partial charge < -0.3 is 11.5 Å². The topological polar surface area (TPSA) is 52.0 Å². The molecular weight excluding hydrogens is 208 g/mol. The van der Waals surface area contributed by atoms with Gasteiger partial charge in [0.15, 0.2) is 0 Å². The predicted molar refractivity (Wildman–Crippen MR) is 75.6 cm³/mol. The lowest BCUT2D eigenvalue weighted by Crippen LogP contribution is -2.57. The van der Waals surface area contributed by atoms with Gasteiger partial charge in [-0.3, -0.25) is 0 Å². The summed E-state index contributed by atoms with van der Waals surface area (Å²) < 4.78 is 0. The molecule has 0 aromatic carbocycles. The summed E-state index contributed by atoms with van der Waals surface area (Å²) in [6, 6.07) is -0.108. The van der Waals surface area contributed by atoms with E-state index in [1.54, 1.807) is 0 Å². The summed E-state index contributed by atoms with van der Waals surface area (Å²) in [5, 5.41) is 0. The van der Waals surface area contributed by atoms with Crippen LogP contribution < -0.4 is 11.5 Å². The first-order chi connectivity index (χ1) is 7.38. The van der Waals surface area contributed by atoms with Crippen molar-refractivity contribution in [2.45, 2.75) is 60.0 Å². The van der Waals surface area contributed by atoms with E-state index in [9.17, 15) is 0 Å². The highest BCUT2D eigenvalue weighted by molar-refractivity contribution is 5.46. The SMILES string of the molecule is CC(C)(C)C1=C(C(C)(C)C)C(C)(N)C(N)C=C1. The van der Waals surface area contributed by atoms with Crippen LogP contribution in [0.5, 0.6) is 0 Å². The van der Waals surface area contributed by atoms with Gasteiger partial charge in [0, 0.05) is 6.04 Å². The maximum atomic E-state index is 6.50. The van der Waals surface area contributed by atoms with E-state index in [2.05, 4.69) is 47.6 Å². The summed E-state index contributed by atoms with van der Waals surface area (Å²) in [6.07, 6.45) is 4.20. The third-order valence-electron chi connectivity index (χ3n) is 3.53. The number of hydrogen-bond acceptors (Lipinski definition) is 2. The van der Waals surface area contributed by atoms with Crippen molar-refractivity contribution in [3.63, 3.8) is 0 Å². The first-order valence-corrected chi connectivity index (χ1v) is 6.37. The van der Waals surface area contributed by atoms with Crippen molar-refractivity contribution in [3.05, 3.63) is 23.3 Å². The van der Waals surface area contributed by atoms with Crippen LogP contribution in [0.15, 0.2) is 23.3 Å². The molecule has 0 aliphatic heterocycles. The Morgan fingerprint density at radius 1 is 1.06 bits per heavy atom. The van der Waals surface area contributed by atoms with Gasteiger partial charge in [-0.15, -0.1) is 0 Å². The summed E-state index contributed by atoms with van der Waals surface area (Å²) in [5.41, 5.74) is 14.9. The highest BCUT2D eigenvalue weighted by Crippen LogP contribution is 2.44. The van der Waals surface area contributed by atoms with Crippen LogP contribution in [0, 0.1) is 10.8 Å². The zero-order valence-corrected chi connectivity index (χ0v) is 12.4. The van der Waals surface area contributed by atoms with E-state index in [0.29, 0.717) is 0 Å². The second-order valence-corrected chi connectivity index (χ2v) is 7.46. The lowest BCUT2D eigenvalue weighted by Gasteiger charge is -2.46. The second kappa shape index (κ2) is 3.96. The summed E-state index contributed by atoms with van der Waals surface area (Å²) in [6.45, 7) is 15.4. The fraction of sp³-hybridized carbons (Fsp3) is 0.733. The van der Waals surface area contributed by atoms with Gasteiger partial charge in [-0.05, 0) is 28.9 Å². The van der Waals surface area contributed by atoms with E-state index in [1.807, 2.05) is 13.0 Å². The third-order valence-corrected chi connectivity index (χ3v) is 3.53. The fourth-order valence-corrected chi connectivity index (χ4v) is 2.78. The standard InChI is InChI=1S/C15H28N2/c1-13(2,3)10-8-9-11(16)15(7,17)12(10)14(4,5)6/h8-9,11H,16-17H2,1-7H3. The summed E-state index contributed by atoms with van der Waals surface area (Å²) >= 11 is 0. The van der Waals surface area contributed by atoms with Gasteiger partial charge in [0.25, 0.3) is 0 Å².